The molecule has 1 aliphatic rings. The molecule has 10 nitrogen and oxygen atoms in total. The molecule has 188 valence electrons. The molecule has 1 aromatic carbocycles. The Bertz CT molecular complexity index is 1420. The summed E-state index contributed by atoms with van der Waals surface area (Å²) < 4.78 is 2.43. The standard InChI is InChI=1S/C24H27BrN8O2S/c1-13(2)18-5-4-8-33(18)20(34)12-32-11-14(3)22(31-32)29-24-26-10-19(36-24)23(35)28-21-15-9-27-30-17(15)7-6-16(21)25/h6-7,9-11,13,18H,4-5,8,12H2,1-3H3,(H,27,30)(H,28,35)(H,26,29,31)/t18-/m0/s1. The summed E-state index contributed by atoms with van der Waals surface area (Å²) in [4.78, 5) is 32.6. The van der Waals surface area contributed by atoms with Gasteiger partial charge in [-0.05, 0) is 53.7 Å². The Balaban J connectivity index is 1.25. The second-order valence-corrected chi connectivity index (χ2v) is 11.1. The second kappa shape index (κ2) is 10.0. The number of nitrogens with one attached hydrogen (secondary N) is 3. The van der Waals surface area contributed by atoms with Crippen LogP contribution in [0.1, 0.15) is 41.9 Å². The quantitative estimate of drug-likeness (QED) is 0.289. The molecule has 0 aliphatic carbocycles. The van der Waals surface area contributed by atoms with Gasteiger partial charge in [0.15, 0.2) is 10.9 Å². The third-order valence-electron chi connectivity index (χ3n) is 6.40. The van der Waals surface area contributed by atoms with Crippen molar-refractivity contribution in [3.63, 3.8) is 0 Å². The van der Waals surface area contributed by atoms with E-state index in [1.54, 1.807) is 10.9 Å². The zero-order valence-electron chi connectivity index (χ0n) is 20.2. The van der Waals surface area contributed by atoms with Crippen LogP contribution >= 0.6 is 27.3 Å². The predicted octanol–water partition coefficient (Wildman–Crippen LogP) is 4.93. The smallest absolute Gasteiger partial charge is 0.267 e. The molecule has 5 rings (SSSR count). The Morgan fingerprint density at radius 3 is 2.94 bits per heavy atom. The summed E-state index contributed by atoms with van der Waals surface area (Å²) in [6.07, 6.45) is 7.16. The molecule has 0 saturated carbocycles. The minimum Gasteiger partial charge on any atom is -0.338 e. The summed E-state index contributed by atoms with van der Waals surface area (Å²) in [6.45, 7) is 7.26. The largest absolute Gasteiger partial charge is 0.338 e. The molecule has 4 heterocycles. The van der Waals surface area contributed by atoms with E-state index in [9.17, 15) is 9.59 Å². The van der Waals surface area contributed by atoms with Crippen LogP contribution in [0, 0.1) is 12.8 Å². The molecule has 0 bridgehead atoms. The zero-order chi connectivity index (χ0) is 25.4. The second-order valence-electron chi connectivity index (χ2n) is 9.26. The first-order valence-electron chi connectivity index (χ1n) is 11.8. The van der Waals surface area contributed by atoms with E-state index in [-0.39, 0.29) is 18.4 Å². The van der Waals surface area contributed by atoms with Gasteiger partial charge in [-0.25, -0.2) is 4.98 Å². The van der Waals surface area contributed by atoms with Crippen molar-refractivity contribution in [1.29, 1.82) is 0 Å². The Morgan fingerprint density at radius 1 is 1.31 bits per heavy atom. The number of benzene rings is 1. The average molecular weight is 572 g/mol. The lowest BCUT2D eigenvalue weighted by Gasteiger charge is -2.27. The minimum atomic E-state index is -0.270. The summed E-state index contributed by atoms with van der Waals surface area (Å²) >= 11 is 4.72. The number of aryl methyl sites for hydroxylation is 1. The molecular formula is C24H27BrN8O2S. The van der Waals surface area contributed by atoms with Crippen molar-refractivity contribution in [3.05, 3.63) is 45.6 Å². The first-order chi connectivity index (χ1) is 17.3. The first kappa shape index (κ1) is 24.4. The maximum absolute atomic E-state index is 12.9. The topological polar surface area (TPSA) is 121 Å². The number of nitrogens with zero attached hydrogens (tertiary/aromatic N) is 5. The van der Waals surface area contributed by atoms with E-state index in [1.165, 1.54) is 17.5 Å². The van der Waals surface area contributed by atoms with Gasteiger partial charge in [-0.3, -0.25) is 19.4 Å². The molecule has 1 saturated heterocycles. The molecule has 1 fully saturated rings. The van der Waals surface area contributed by atoms with Gasteiger partial charge in [0.2, 0.25) is 5.91 Å². The molecule has 3 aromatic heterocycles. The third kappa shape index (κ3) is 4.87. The SMILES string of the molecule is Cc1cn(CC(=O)N2CCC[C@H]2C(C)C)nc1Nc1ncc(C(=O)Nc2c(Br)ccc3[nH]ncc23)s1. The van der Waals surface area contributed by atoms with E-state index in [2.05, 4.69) is 60.7 Å². The van der Waals surface area contributed by atoms with Gasteiger partial charge in [0.25, 0.3) is 5.91 Å². The molecule has 12 heteroatoms. The van der Waals surface area contributed by atoms with Gasteiger partial charge in [-0.1, -0.05) is 25.2 Å². The first-order valence-corrected chi connectivity index (χ1v) is 13.4. The molecule has 0 radical (unpaired) electrons. The number of aromatic amines is 1. The van der Waals surface area contributed by atoms with E-state index >= 15 is 0 Å². The molecule has 36 heavy (non-hydrogen) atoms. The lowest BCUT2D eigenvalue weighted by atomic mass is 10.0. The van der Waals surface area contributed by atoms with Crippen molar-refractivity contribution in [2.24, 2.45) is 5.92 Å². The number of carbonyl (C=O) groups excluding carboxylic acids is 2. The highest BCUT2D eigenvalue weighted by Crippen LogP contribution is 2.32. The number of carbonyl (C=O) groups is 2. The Hall–Kier alpha value is -3.25. The number of fused-ring (bicyclic) bond motifs is 1. The van der Waals surface area contributed by atoms with Gasteiger partial charge in [0, 0.05) is 34.2 Å². The number of halogens is 1. The van der Waals surface area contributed by atoms with Gasteiger partial charge in [0.1, 0.15) is 11.4 Å². The van der Waals surface area contributed by atoms with E-state index in [0.29, 0.717) is 33.5 Å². The van der Waals surface area contributed by atoms with Crippen LogP contribution in [0.5, 0.6) is 0 Å². The highest BCUT2D eigenvalue weighted by atomic mass is 79.9. The van der Waals surface area contributed by atoms with Gasteiger partial charge in [-0.2, -0.15) is 10.2 Å². The van der Waals surface area contributed by atoms with Gasteiger partial charge in [0.05, 0.1) is 23.6 Å². The Labute approximate surface area is 220 Å². The van der Waals surface area contributed by atoms with Crippen molar-refractivity contribution in [2.45, 2.75) is 46.2 Å². The number of anilines is 3. The number of rotatable bonds is 7. The Morgan fingerprint density at radius 2 is 2.14 bits per heavy atom. The molecule has 2 amide bonds. The van der Waals surface area contributed by atoms with Crippen molar-refractivity contribution >= 4 is 66.6 Å². The van der Waals surface area contributed by atoms with Crippen molar-refractivity contribution < 1.29 is 9.59 Å². The highest BCUT2D eigenvalue weighted by Gasteiger charge is 2.31. The monoisotopic (exact) mass is 570 g/mol. The van der Waals surface area contributed by atoms with E-state index < -0.39 is 0 Å². The molecule has 1 aliphatic heterocycles. The lowest BCUT2D eigenvalue weighted by molar-refractivity contribution is -0.133. The third-order valence-corrected chi connectivity index (χ3v) is 7.97. The number of aromatic nitrogens is 5. The number of hydrogen-bond donors (Lipinski definition) is 3. The summed E-state index contributed by atoms with van der Waals surface area (Å²) in [5.41, 5.74) is 2.36. The van der Waals surface area contributed by atoms with Crippen LogP contribution in [0.15, 0.2) is 35.2 Å². The number of H-pyrrole nitrogens is 1. The van der Waals surface area contributed by atoms with Crippen LogP contribution in [0.3, 0.4) is 0 Å². The molecular weight excluding hydrogens is 544 g/mol. The molecule has 1 atom stereocenters. The van der Waals surface area contributed by atoms with Crippen LogP contribution in [0.4, 0.5) is 16.6 Å². The Kier molecular flexibility index (Phi) is 6.80. The number of hydrogen-bond acceptors (Lipinski definition) is 7. The lowest BCUT2D eigenvalue weighted by Crippen LogP contribution is -2.40. The van der Waals surface area contributed by atoms with Gasteiger partial charge < -0.3 is 15.5 Å². The zero-order valence-corrected chi connectivity index (χ0v) is 22.6. The normalized spacial score (nSPS) is 15.7. The fourth-order valence-electron chi connectivity index (χ4n) is 4.58. The molecule has 0 unspecified atom stereocenters. The predicted molar refractivity (Wildman–Crippen MR) is 144 cm³/mol. The van der Waals surface area contributed by atoms with Crippen molar-refractivity contribution in [2.75, 3.05) is 17.2 Å². The molecule has 4 aromatic rings. The number of amides is 2. The van der Waals surface area contributed by atoms with Crippen LogP contribution in [-0.2, 0) is 11.3 Å². The van der Waals surface area contributed by atoms with Crippen molar-refractivity contribution in [1.82, 2.24) is 29.9 Å². The number of thiazole rings is 1. The summed E-state index contributed by atoms with van der Waals surface area (Å²) in [6, 6.07) is 4.04. The summed E-state index contributed by atoms with van der Waals surface area (Å²) in [7, 11) is 0. The maximum atomic E-state index is 12.9. The van der Waals surface area contributed by atoms with E-state index in [1.807, 2.05) is 30.2 Å². The summed E-state index contributed by atoms with van der Waals surface area (Å²) in [5.74, 6) is 0.871. The fraction of sp³-hybridized carbons (Fsp3) is 0.375. The number of likely N-dealkylation sites (tertiary alicyclic amines) is 1. The maximum Gasteiger partial charge on any atom is 0.267 e. The summed E-state index contributed by atoms with van der Waals surface area (Å²) in [5, 5.41) is 19.0. The van der Waals surface area contributed by atoms with Gasteiger partial charge in [-0.15, -0.1) is 0 Å². The van der Waals surface area contributed by atoms with Gasteiger partial charge >= 0.3 is 0 Å². The molecule has 0 spiro atoms. The fourth-order valence-corrected chi connectivity index (χ4v) is 5.74. The highest BCUT2D eigenvalue weighted by molar-refractivity contribution is 9.10. The van der Waals surface area contributed by atoms with Crippen LogP contribution in [0.2, 0.25) is 0 Å². The van der Waals surface area contributed by atoms with Crippen LogP contribution in [-0.4, -0.2) is 54.3 Å². The van der Waals surface area contributed by atoms with E-state index in [0.717, 1.165) is 40.3 Å². The van der Waals surface area contributed by atoms with Crippen molar-refractivity contribution in [3.8, 4) is 0 Å². The van der Waals surface area contributed by atoms with Crippen LogP contribution in [0.25, 0.3) is 10.9 Å². The van der Waals surface area contributed by atoms with Crippen LogP contribution < -0.4 is 10.6 Å². The molecule has 3 N–H and O–H groups in total. The van der Waals surface area contributed by atoms with E-state index in [4.69, 9.17) is 0 Å². The average Bonchev–Trinajstić information content (AvgIpc) is 3.63. The minimum absolute atomic E-state index is 0.0901.